The Balaban J connectivity index is 3.02. The highest BCUT2D eigenvalue weighted by Gasteiger charge is 2.15. The number of hydrogen-bond donors (Lipinski definition) is 3. The van der Waals surface area contributed by atoms with Gasteiger partial charge in [0.15, 0.2) is 5.84 Å². The molecule has 0 unspecified atom stereocenters. The van der Waals surface area contributed by atoms with Crippen molar-refractivity contribution in [2.24, 2.45) is 10.9 Å². The van der Waals surface area contributed by atoms with Gasteiger partial charge in [0, 0.05) is 11.3 Å². The Morgan fingerprint density at radius 3 is 2.65 bits per heavy atom. The first-order valence-corrected chi connectivity index (χ1v) is 6.51. The van der Waals surface area contributed by atoms with Gasteiger partial charge >= 0.3 is 0 Å². The van der Waals surface area contributed by atoms with Gasteiger partial charge in [0.2, 0.25) is 10.0 Å². The lowest BCUT2D eigenvalue weighted by molar-refractivity contribution is 0.318. The standard InChI is InChI=1S/C10H15N3O3S/c1-7(2)17(15,16)13-9-5-3-4-8(6-9)10(11)12-14/h3-7,13-14H,1-2H3,(H2,11,12). The highest BCUT2D eigenvalue weighted by molar-refractivity contribution is 7.93. The number of anilines is 1. The minimum absolute atomic E-state index is 0.0735. The third-order valence-electron chi connectivity index (χ3n) is 2.15. The van der Waals surface area contributed by atoms with E-state index in [0.29, 0.717) is 11.3 Å². The number of sulfonamides is 1. The molecule has 7 heteroatoms. The molecule has 0 heterocycles. The summed E-state index contributed by atoms with van der Waals surface area (Å²) in [4.78, 5) is 0. The molecule has 1 aromatic carbocycles. The number of amidine groups is 1. The summed E-state index contributed by atoms with van der Waals surface area (Å²) in [5.74, 6) is -0.0735. The SMILES string of the molecule is CC(C)S(=O)(=O)Nc1cccc(/C(N)=N/O)c1. The maximum absolute atomic E-state index is 11.6. The van der Waals surface area contributed by atoms with E-state index in [9.17, 15) is 8.42 Å². The Morgan fingerprint density at radius 2 is 2.12 bits per heavy atom. The Bertz CT molecular complexity index is 523. The smallest absolute Gasteiger partial charge is 0.235 e. The first-order chi connectivity index (χ1) is 7.86. The zero-order chi connectivity index (χ0) is 13.1. The average molecular weight is 257 g/mol. The van der Waals surface area contributed by atoms with Gasteiger partial charge in [-0.2, -0.15) is 0 Å². The predicted molar refractivity (Wildman–Crippen MR) is 66.6 cm³/mol. The first kappa shape index (κ1) is 13.3. The van der Waals surface area contributed by atoms with Crippen LogP contribution in [0, 0.1) is 0 Å². The number of nitrogens with zero attached hydrogens (tertiary/aromatic N) is 1. The quantitative estimate of drug-likeness (QED) is 0.323. The summed E-state index contributed by atoms with van der Waals surface area (Å²) < 4.78 is 25.7. The molecule has 6 nitrogen and oxygen atoms in total. The maximum Gasteiger partial charge on any atom is 0.235 e. The van der Waals surface area contributed by atoms with Gasteiger partial charge in [0.1, 0.15) is 0 Å². The molecule has 4 N–H and O–H groups in total. The third-order valence-corrected chi connectivity index (χ3v) is 3.91. The minimum Gasteiger partial charge on any atom is -0.409 e. The summed E-state index contributed by atoms with van der Waals surface area (Å²) >= 11 is 0. The fraction of sp³-hybridized carbons (Fsp3) is 0.300. The molecule has 0 amide bonds. The monoisotopic (exact) mass is 257 g/mol. The molecule has 0 aromatic heterocycles. The maximum atomic E-state index is 11.6. The highest BCUT2D eigenvalue weighted by atomic mass is 32.2. The van der Waals surface area contributed by atoms with Crippen LogP contribution in [-0.2, 0) is 10.0 Å². The second kappa shape index (κ2) is 5.05. The summed E-state index contributed by atoms with van der Waals surface area (Å²) in [7, 11) is -3.39. The zero-order valence-electron chi connectivity index (χ0n) is 9.58. The topological polar surface area (TPSA) is 105 Å². The van der Waals surface area contributed by atoms with Crippen molar-refractivity contribution in [2.75, 3.05) is 4.72 Å². The number of oxime groups is 1. The van der Waals surface area contributed by atoms with Crippen molar-refractivity contribution in [3.05, 3.63) is 29.8 Å². The second-order valence-corrected chi connectivity index (χ2v) is 6.00. The Kier molecular flexibility index (Phi) is 3.95. The number of nitrogens with two attached hydrogens (primary N) is 1. The van der Waals surface area contributed by atoms with Crippen molar-refractivity contribution in [3.63, 3.8) is 0 Å². The van der Waals surface area contributed by atoms with Crippen LogP contribution in [0.3, 0.4) is 0 Å². The molecule has 0 aliphatic rings. The van der Waals surface area contributed by atoms with Crippen molar-refractivity contribution >= 4 is 21.5 Å². The van der Waals surface area contributed by atoms with Crippen molar-refractivity contribution in [1.82, 2.24) is 0 Å². The Labute approximate surface area is 100 Å². The van der Waals surface area contributed by atoms with Crippen LogP contribution in [0.25, 0.3) is 0 Å². The highest BCUT2D eigenvalue weighted by Crippen LogP contribution is 2.14. The van der Waals surface area contributed by atoms with E-state index in [0.717, 1.165) is 0 Å². The van der Waals surface area contributed by atoms with Crippen LogP contribution in [0.5, 0.6) is 0 Å². The van der Waals surface area contributed by atoms with Gasteiger partial charge in [-0.05, 0) is 26.0 Å². The number of benzene rings is 1. The van der Waals surface area contributed by atoms with E-state index in [2.05, 4.69) is 9.88 Å². The summed E-state index contributed by atoms with van der Waals surface area (Å²) in [6.07, 6.45) is 0. The Morgan fingerprint density at radius 1 is 1.47 bits per heavy atom. The van der Waals surface area contributed by atoms with Crippen LogP contribution in [0.15, 0.2) is 29.4 Å². The molecular weight excluding hydrogens is 242 g/mol. The molecule has 0 aliphatic carbocycles. The van der Waals surface area contributed by atoms with Gasteiger partial charge in [-0.25, -0.2) is 8.42 Å². The third kappa shape index (κ3) is 3.35. The van der Waals surface area contributed by atoms with Crippen LogP contribution in [0.2, 0.25) is 0 Å². The van der Waals surface area contributed by atoms with Crippen LogP contribution < -0.4 is 10.5 Å². The van der Waals surface area contributed by atoms with Gasteiger partial charge in [-0.1, -0.05) is 17.3 Å². The molecule has 0 radical (unpaired) electrons. The zero-order valence-corrected chi connectivity index (χ0v) is 10.4. The van der Waals surface area contributed by atoms with Crippen LogP contribution in [0.4, 0.5) is 5.69 Å². The summed E-state index contributed by atoms with van der Waals surface area (Å²) in [5.41, 5.74) is 6.23. The molecule has 0 saturated carbocycles. The second-order valence-electron chi connectivity index (χ2n) is 3.76. The molecule has 17 heavy (non-hydrogen) atoms. The van der Waals surface area contributed by atoms with Gasteiger partial charge in [-0.15, -0.1) is 0 Å². The van der Waals surface area contributed by atoms with E-state index in [1.165, 1.54) is 6.07 Å². The van der Waals surface area contributed by atoms with E-state index in [-0.39, 0.29) is 5.84 Å². The van der Waals surface area contributed by atoms with Gasteiger partial charge in [0.25, 0.3) is 0 Å². The molecule has 0 bridgehead atoms. The van der Waals surface area contributed by atoms with Crippen molar-refractivity contribution in [2.45, 2.75) is 19.1 Å². The van der Waals surface area contributed by atoms with Crippen LogP contribution in [0.1, 0.15) is 19.4 Å². The molecule has 0 spiro atoms. The minimum atomic E-state index is -3.39. The number of rotatable bonds is 4. The molecule has 94 valence electrons. The lowest BCUT2D eigenvalue weighted by atomic mass is 10.2. The van der Waals surface area contributed by atoms with E-state index < -0.39 is 15.3 Å². The number of hydrogen-bond acceptors (Lipinski definition) is 4. The van der Waals surface area contributed by atoms with E-state index in [1.54, 1.807) is 32.0 Å². The van der Waals surface area contributed by atoms with Gasteiger partial charge in [-0.3, -0.25) is 4.72 Å². The lowest BCUT2D eigenvalue weighted by Crippen LogP contribution is -2.22. The normalized spacial score (nSPS) is 12.8. The van der Waals surface area contributed by atoms with Crippen LogP contribution >= 0.6 is 0 Å². The van der Waals surface area contributed by atoms with Crippen LogP contribution in [-0.4, -0.2) is 24.7 Å². The molecule has 0 saturated heterocycles. The van der Waals surface area contributed by atoms with Gasteiger partial charge in [0.05, 0.1) is 5.25 Å². The summed E-state index contributed by atoms with van der Waals surface area (Å²) in [6.45, 7) is 3.16. The molecule has 0 fully saturated rings. The Hall–Kier alpha value is -1.76. The van der Waals surface area contributed by atoms with E-state index in [1.807, 2.05) is 0 Å². The van der Waals surface area contributed by atoms with E-state index >= 15 is 0 Å². The van der Waals surface area contributed by atoms with E-state index in [4.69, 9.17) is 10.9 Å². The first-order valence-electron chi connectivity index (χ1n) is 4.96. The number of nitrogens with one attached hydrogen (secondary N) is 1. The largest absolute Gasteiger partial charge is 0.409 e. The van der Waals surface area contributed by atoms with Crippen molar-refractivity contribution in [1.29, 1.82) is 0 Å². The van der Waals surface area contributed by atoms with Crippen molar-refractivity contribution < 1.29 is 13.6 Å². The average Bonchev–Trinajstić information content (AvgIpc) is 2.27. The summed E-state index contributed by atoms with van der Waals surface area (Å²) in [6, 6.07) is 6.32. The molecule has 0 aliphatic heterocycles. The molecule has 1 rings (SSSR count). The predicted octanol–water partition coefficient (Wildman–Crippen LogP) is 0.931. The molecular formula is C10H15N3O3S. The fourth-order valence-electron chi connectivity index (χ4n) is 1.08. The van der Waals surface area contributed by atoms with Gasteiger partial charge < -0.3 is 10.9 Å². The molecule has 1 aromatic rings. The fourth-order valence-corrected chi connectivity index (χ4v) is 1.77. The molecule has 0 atom stereocenters. The van der Waals surface area contributed by atoms with Crippen molar-refractivity contribution in [3.8, 4) is 0 Å². The summed E-state index contributed by atoms with van der Waals surface area (Å²) in [5, 5.41) is 10.8. The lowest BCUT2D eigenvalue weighted by Gasteiger charge is -2.11.